The Morgan fingerprint density at radius 2 is 2.00 bits per heavy atom. The van der Waals surface area contributed by atoms with Gasteiger partial charge in [-0.25, -0.2) is 4.39 Å². The molecule has 3 atom stereocenters. The summed E-state index contributed by atoms with van der Waals surface area (Å²) in [6.07, 6.45) is 4.89. The highest BCUT2D eigenvalue weighted by molar-refractivity contribution is 5.22. The number of halogens is 1. The van der Waals surface area contributed by atoms with E-state index in [2.05, 4.69) is 11.8 Å². The summed E-state index contributed by atoms with van der Waals surface area (Å²) in [7, 11) is 0. The largest absolute Gasteiger partial charge is 0.369 e. The van der Waals surface area contributed by atoms with Gasteiger partial charge in [-0.1, -0.05) is 12.1 Å². The first-order valence-electron chi connectivity index (χ1n) is 7.34. The van der Waals surface area contributed by atoms with Crippen molar-refractivity contribution < 1.29 is 9.13 Å². The van der Waals surface area contributed by atoms with E-state index in [4.69, 9.17) is 4.74 Å². The molecule has 0 radical (unpaired) electrons. The molecule has 3 aliphatic rings. The molecule has 3 aliphatic heterocycles. The summed E-state index contributed by atoms with van der Waals surface area (Å²) in [6.45, 7) is 3.17. The van der Waals surface area contributed by atoms with E-state index in [1.165, 1.54) is 31.7 Å². The molecule has 3 unspecified atom stereocenters. The summed E-state index contributed by atoms with van der Waals surface area (Å²) < 4.78 is 19.1. The molecule has 3 fully saturated rings. The Labute approximate surface area is 113 Å². The summed E-state index contributed by atoms with van der Waals surface area (Å²) in [5, 5.41) is 0. The van der Waals surface area contributed by atoms with Crippen LogP contribution in [0, 0.1) is 5.82 Å². The molecule has 19 heavy (non-hydrogen) atoms. The number of hydrogen-bond acceptors (Lipinski definition) is 2. The lowest BCUT2D eigenvalue weighted by molar-refractivity contribution is 0.0490. The third-order valence-electron chi connectivity index (χ3n) is 5.22. The first-order chi connectivity index (χ1) is 9.17. The zero-order valence-corrected chi connectivity index (χ0v) is 11.3. The second-order valence-corrected chi connectivity index (χ2v) is 6.44. The molecule has 1 aromatic carbocycles. The van der Waals surface area contributed by atoms with E-state index in [1.807, 2.05) is 12.1 Å². The van der Waals surface area contributed by atoms with Crippen molar-refractivity contribution in [1.82, 2.24) is 4.90 Å². The molecule has 1 spiro atoms. The lowest BCUT2D eigenvalue weighted by Gasteiger charge is -2.42. The Balaban J connectivity index is 1.59. The molecular weight excluding hydrogens is 241 g/mol. The van der Waals surface area contributed by atoms with E-state index >= 15 is 0 Å². The Morgan fingerprint density at radius 1 is 1.32 bits per heavy atom. The third-order valence-corrected chi connectivity index (χ3v) is 5.22. The van der Waals surface area contributed by atoms with E-state index < -0.39 is 0 Å². The maximum atomic E-state index is 13.4. The fourth-order valence-corrected chi connectivity index (χ4v) is 4.25. The first-order valence-corrected chi connectivity index (χ1v) is 7.34. The zero-order valence-electron chi connectivity index (χ0n) is 11.3. The van der Waals surface area contributed by atoms with E-state index in [-0.39, 0.29) is 11.4 Å². The van der Waals surface area contributed by atoms with E-state index in [9.17, 15) is 4.39 Å². The van der Waals surface area contributed by atoms with Crippen LogP contribution in [0.1, 0.15) is 44.2 Å². The number of rotatable bonds is 2. The van der Waals surface area contributed by atoms with E-state index in [0.717, 1.165) is 12.2 Å². The van der Waals surface area contributed by atoms with Gasteiger partial charge in [-0.05, 0) is 50.3 Å². The summed E-state index contributed by atoms with van der Waals surface area (Å²) in [5.74, 6) is -0.129. The van der Waals surface area contributed by atoms with Crippen LogP contribution in [0.25, 0.3) is 0 Å². The topological polar surface area (TPSA) is 15.8 Å². The van der Waals surface area contributed by atoms with Crippen molar-refractivity contribution in [3.05, 3.63) is 35.6 Å². The van der Waals surface area contributed by atoms with Crippen LogP contribution in [0.2, 0.25) is 0 Å². The van der Waals surface area contributed by atoms with Crippen LogP contribution in [0.15, 0.2) is 24.3 Å². The molecule has 3 heteroatoms. The fourth-order valence-electron chi connectivity index (χ4n) is 4.25. The van der Waals surface area contributed by atoms with E-state index in [0.29, 0.717) is 18.1 Å². The molecule has 4 rings (SSSR count). The maximum Gasteiger partial charge on any atom is 0.123 e. The molecule has 3 saturated heterocycles. The predicted molar refractivity (Wildman–Crippen MR) is 71.4 cm³/mol. The number of benzene rings is 1. The average molecular weight is 261 g/mol. The minimum atomic E-state index is -0.129. The Bertz CT molecular complexity index is 483. The van der Waals surface area contributed by atoms with Gasteiger partial charge >= 0.3 is 0 Å². The van der Waals surface area contributed by atoms with Crippen LogP contribution in [0.5, 0.6) is 0 Å². The molecule has 0 N–H and O–H groups in total. The van der Waals surface area contributed by atoms with Gasteiger partial charge in [0.05, 0.1) is 12.2 Å². The Kier molecular flexibility index (Phi) is 2.52. The summed E-state index contributed by atoms with van der Waals surface area (Å²) in [6, 6.07) is 8.63. The number of ether oxygens (including phenoxy) is 1. The number of hydrogen-bond donors (Lipinski definition) is 0. The van der Waals surface area contributed by atoms with Crippen LogP contribution in [0.3, 0.4) is 0 Å². The first kappa shape index (κ1) is 11.9. The molecular formula is C16H20FNO. The standard InChI is InChI=1S/C16H20FNO/c1-11(12-3-2-4-13(17)7-12)18-14-5-6-15(18)9-16(8-14)10-19-16/h2-4,7,11,14-15H,5-6,8-10H2,1H3. The van der Waals surface area contributed by atoms with Crippen LogP contribution < -0.4 is 0 Å². The molecule has 0 aromatic heterocycles. The highest BCUT2D eigenvalue weighted by Crippen LogP contribution is 2.51. The lowest BCUT2D eigenvalue weighted by atomic mass is 9.89. The van der Waals surface area contributed by atoms with E-state index in [1.54, 1.807) is 6.07 Å². The smallest absolute Gasteiger partial charge is 0.123 e. The molecule has 1 aromatic rings. The minimum absolute atomic E-state index is 0.129. The van der Waals surface area contributed by atoms with Crippen LogP contribution >= 0.6 is 0 Å². The van der Waals surface area contributed by atoms with Crippen molar-refractivity contribution in [2.45, 2.75) is 56.3 Å². The Hall–Kier alpha value is -0.930. The second-order valence-electron chi connectivity index (χ2n) is 6.44. The van der Waals surface area contributed by atoms with Gasteiger partial charge < -0.3 is 4.74 Å². The third kappa shape index (κ3) is 1.91. The van der Waals surface area contributed by atoms with Crippen LogP contribution in [-0.4, -0.2) is 29.2 Å². The van der Waals surface area contributed by atoms with Gasteiger partial charge in [0.2, 0.25) is 0 Å². The molecule has 0 aliphatic carbocycles. The highest BCUT2D eigenvalue weighted by Gasteiger charge is 2.56. The SMILES string of the molecule is CC(c1cccc(F)c1)N1C2CCC1CC1(CO1)C2. The van der Waals surface area contributed by atoms with Gasteiger partial charge in [0.25, 0.3) is 0 Å². The molecule has 2 bridgehead atoms. The quantitative estimate of drug-likeness (QED) is 0.759. The normalized spacial score (nSPS) is 38.6. The zero-order chi connectivity index (χ0) is 13.0. The van der Waals surface area contributed by atoms with Crippen molar-refractivity contribution in [2.75, 3.05) is 6.61 Å². The van der Waals surface area contributed by atoms with Gasteiger partial charge in [0, 0.05) is 18.1 Å². The van der Waals surface area contributed by atoms with Crippen LogP contribution in [0.4, 0.5) is 4.39 Å². The number of piperidine rings is 1. The number of epoxide rings is 1. The van der Waals surface area contributed by atoms with Gasteiger partial charge in [0.1, 0.15) is 5.82 Å². The van der Waals surface area contributed by atoms with Gasteiger partial charge in [-0.15, -0.1) is 0 Å². The molecule has 102 valence electrons. The lowest BCUT2D eigenvalue weighted by Crippen LogP contribution is -2.47. The molecule has 3 heterocycles. The van der Waals surface area contributed by atoms with Crippen molar-refractivity contribution >= 4 is 0 Å². The summed E-state index contributed by atoms with van der Waals surface area (Å²) in [4.78, 5) is 2.61. The monoisotopic (exact) mass is 261 g/mol. The number of nitrogens with zero attached hydrogens (tertiary/aromatic N) is 1. The van der Waals surface area contributed by atoms with Crippen LogP contribution in [-0.2, 0) is 4.74 Å². The van der Waals surface area contributed by atoms with Gasteiger partial charge in [-0.2, -0.15) is 0 Å². The average Bonchev–Trinajstić information content (AvgIpc) is 3.08. The summed E-state index contributed by atoms with van der Waals surface area (Å²) in [5.41, 5.74) is 1.33. The molecule has 2 nitrogen and oxygen atoms in total. The van der Waals surface area contributed by atoms with Crippen molar-refractivity contribution in [3.8, 4) is 0 Å². The van der Waals surface area contributed by atoms with Gasteiger partial charge in [0.15, 0.2) is 0 Å². The molecule has 0 saturated carbocycles. The van der Waals surface area contributed by atoms with Crippen molar-refractivity contribution in [1.29, 1.82) is 0 Å². The highest BCUT2D eigenvalue weighted by atomic mass is 19.1. The van der Waals surface area contributed by atoms with Crippen molar-refractivity contribution in [3.63, 3.8) is 0 Å². The molecule has 0 amide bonds. The minimum Gasteiger partial charge on any atom is -0.369 e. The van der Waals surface area contributed by atoms with Crippen molar-refractivity contribution in [2.24, 2.45) is 0 Å². The number of fused-ring (bicyclic) bond motifs is 2. The van der Waals surface area contributed by atoms with Gasteiger partial charge in [-0.3, -0.25) is 4.90 Å². The Morgan fingerprint density at radius 3 is 2.58 bits per heavy atom. The fraction of sp³-hybridized carbons (Fsp3) is 0.625. The predicted octanol–water partition coefficient (Wildman–Crippen LogP) is 3.28. The second kappa shape index (κ2) is 4.03. The summed E-state index contributed by atoms with van der Waals surface area (Å²) >= 11 is 0. The maximum absolute atomic E-state index is 13.4.